The summed E-state index contributed by atoms with van der Waals surface area (Å²) in [5.74, 6) is -0.368. The van der Waals surface area contributed by atoms with Gasteiger partial charge in [0, 0.05) is 12.6 Å². The molecule has 1 aromatic carbocycles. The van der Waals surface area contributed by atoms with E-state index in [0.29, 0.717) is 11.3 Å². The van der Waals surface area contributed by atoms with Crippen molar-refractivity contribution in [1.29, 1.82) is 0 Å². The molecule has 0 saturated heterocycles. The van der Waals surface area contributed by atoms with Gasteiger partial charge < -0.3 is 10.5 Å². The van der Waals surface area contributed by atoms with Crippen molar-refractivity contribution < 1.29 is 9.53 Å². The molecule has 5 nitrogen and oxygen atoms in total. The number of nitrogens with two attached hydrogens (primary N) is 1. The van der Waals surface area contributed by atoms with Crippen molar-refractivity contribution in [2.45, 2.75) is 0 Å². The third kappa shape index (κ3) is 1.99. The fourth-order valence-electron chi connectivity index (χ4n) is 1.72. The van der Waals surface area contributed by atoms with Crippen molar-refractivity contribution >= 4 is 11.7 Å². The number of anilines is 1. The van der Waals surface area contributed by atoms with Crippen molar-refractivity contribution in [1.82, 2.24) is 9.78 Å². The standard InChI is InChI=1S/C12H13N3O2/c1-15-11(10(13)7-14-15)8-4-3-5-9(6-8)12(16)17-2/h3-7H,13H2,1-2H3. The number of carbonyl (C=O) groups excluding carboxylic acids is 1. The number of aryl methyl sites for hydroxylation is 1. The average Bonchev–Trinajstić information content (AvgIpc) is 2.68. The molecule has 0 aliphatic heterocycles. The maximum absolute atomic E-state index is 11.4. The maximum atomic E-state index is 11.4. The van der Waals surface area contributed by atoms with Crippen LogP contribution in [0, 0.1) is 0 Å². The lowest BCUT2D eigenvalue weighted by Gasteiger charge is -2.05. The maximum Gasteiger partial charge on any atom is 0.337 e. The van der Waals surface area contributed by atoms with Crippen molar-refractivity contribution in [3.05, 3.63) is 36.0 Å². The van der Waals surface area contributed by atoms with Crippen molar-refractivity contribution in [3.63, 3.8) is 0 Å². The fraction of sp³-hybridized carbons (Fsp3) is 0.167. The zero-order chi connectivity index (χ0) is 12.4. The summed E-state index contributed by atoms with van der Waals surface area (Å²) in [4.78, 5) is 11.4. The third-order valence-electron chi connectivity index (χ3n) is 2.52. The van der Waals surface area contributed by atoms with Crippen LogP contribution in [-0.2, 0) is 11.8 Å². The van der Waals surface area contributed by atoms with Crippen LogP contribution in [0.1, 0.15) is 10.4 Å². The molecule has 0 unspecified atom stereocenters. The number of benzene rings is 1. The molecule has 88 valence electrons. The average molecular weight is 231 g/mol. The molecule has 0 bridgehead atoms. The predicted molar refractivity (Wildman–Crippen MR) is 64.4 cm³/mol. The van der Waals surface area contributed by atoms with E-state index in [1.54, 1.807) is 36.1 Å². The van der Waals surface area contributed by atoms with Crippen LogP contribution in [0.25, 0.3) is 11.3 Å². The molecule has 2 N–H and O–H groups in total. The van der Waals surface area contributed by atoms with Gasteiger partial charge in [-0.3, -0.25) is 4.68 Å². The summed E-state index contributed by atoms with van der Waals surface area (Å²) in [5.41, 5.74) is 8.53. The zero-order valence-electron chi connectivity index (χ0n) is 9.68. The second kappa shape index (κ2) is 4.29. The Balaban J connectivity index is 2.50. The normalized spacial score (nSPS) is 10.2. The molecule has 5 heteroatoms. The number of esters is 1. The Kier molecular flexibility index (Phi) is 2.82. The Labute approximate surface area is 98.8 Å². The summed E-state index contributed by atoms with van der Waals surface area (Å²) >= 11 is 0. The Morgan fingerprint density at radius 2 is 2.24 bits per heavy atom. The van der Waals surface area contributed by atoms with E-state index in [-0.39, 0.29) is 5.97 Å². The number of hydrogen-bond acceptors (Lipinski definition) is 4. The van der Waals surface area contributed by atoms with Gasteiger partial charge in [-0.05, 0) is 12.1 Å². The topological polar surface area (TPSA) is 70.1 Å². The highest BCUT2D eigenvalue weighted by atomic mass is 16.5. The quantitative estimate of drug-likeness (QED) is 0.794. The molecule has 1 aromatic heterocycles. The highest BCUT2D eigenvalue weighted by molar-refractivity contribution is 5.91. The lowest BCUT2D eigenvalue weighted by atomic mass is 10.1. The molecule has 0 fully saturated rings. The molecule has 0 aliphatic carbocycles. The highest BCUT2D eigenvalue weighted by Crippen LogP contribution is 2.25. The number of nitrogen functional groups attached to an aromatic ring is 1. The Morgan fingerprint density at radius 3 is 2.82 bits per heavy atom. The first-order chi connectivity index (χ1) is 8.13. The van der Waals surface area contributed by atoms with Crippen LogP contribution in [0.5, 0.6) is 0 Å². The highest BCUT2D eigenvalue weighted by Gasteiger charge is 2.11. The second-order valence-electron chi connectivity index (χ2n) is 3.64. The van der Waals surface area contributed by atoms with Crippen LogP contribution < -0.4 is 5.73 Å². The van der Waals surface area contributed by atoms with Gasteiger partial charge in [-0.25, -0.2) is 4.79 Å². The van der Waals surface area contributed by atoms with Crippen molar-refractivity contribution in [2.75, 3.05) is 12.8 Å². The summed E-state index contributed by atoms with van der Waals surface area (Å²) < 4.78 is 6.35. The van der Waals surface area contributed by atoms with E-state index in [2.05, 4.69) is 9.84 Å². The number of aromatic nitrogens is 2. The number of carbonyl (C=O) groups is 1. The molecule has 17 heavy (non-hydrogen) atoms. The predicted octanol–water partition coefficient (Wildman–Crippen LogP) is 1.46. The summed E-state index contributed by atoms with van der Waals surface area (Å²) in [5, 5.41) is 4.06. The van der Waals surface area contributed by atoms with E-state index in [0.717, 1.165) is 11.3 Å². The van der Waals surface area contributed by atoms with Crippen LogP contribution in [0.2, 0.25) is 0 Å². The summed E-state index contributed by atoms with van der Waals surface area (Å²) in [6.45, 7) is 0. The molecule has 0 aliphatic rings. The van der Waals surface area contributed by atoms with E-state index in [9.17, 15) is 4.79 Å². The van der Waals surface area contributed by atoms with Crippen LogP contribution in [0.15, 0.2) is 30.5 Å². The minimum Gasteiger partial charge on any atom is -0.465 e. The molecule has 0 radical (unpaired) electrons. The van der Waals surface area contributed by atoms with Gasteiger partial charge in [-0.2, -0.15) is 5.10 Å². The van der Waals surface area contributed by atoms with Gasteiger partial charge in [-0.15, -0.1) is 0 Å². The fourth-order valence-corrected chi connectivity index (χ4v) is 1.72. The molecule has 2 rings (SSSR count). The largest absolute Gasteiger partial charge is 0.465 e. The summed E-state index contributed by atoms with van der Waals surface area (Å²) in [7, 11) is 3.16. The molecule has 0 spiro atoms. The van der Waals surface area contributed by atoms with Gasteiger partial charge in [0.15, 0.2) is 0 Å². The van der Waals surface area contributed by atoms with E-state index in [1.807, 2.05) is 6.07 Å². The van der Waals surface area contributed by atoms with E-state index in [4.69, 9.17) is 5.73 Å². The molecule has 0 saturated carbocycles. The number of ether oxygens (including phenoxy) is 1. The van der Waals surface area contributed by atoms with Crippen LogP contribution in [0.3, 0.4) is 0 Å². The van der Waals surface area contributed by atoms with Gasteiger partial charge >= 0.3 is 5.97 Å². The Bertz CT molecular complexity index is 541. The van der Waals surface area contributed by atoms with E-state index in [1.165, 1.54) is 7.11 Å². The van der Waals surface area contributed by atoms with E-state index < -0.39 is 0 Å². The number of nitrogens with zero attached hydrogens (tertiary/aromatic N) is 2. The van der Waals surface area contributed by atoms with Crippen LogP contribution in [0.4, 0.5) is 5.69 Å². The second-order valence-corrected chi connectivity index (χ2v) is 3.64. The van der Waals surface area contributed by atoms with E-state index >= 15 is 0 Å². The monoisotopic (exact) mass is 231 g/mol. The molecular formula is C12H13N3O2. The van der Waals surface area contributed by atoms with Crippen molar-refractivity contribution in [3.8, 4) is 11.3 Å². The van der Waals surface area contributed by atoms with Crippen molar-refractivity contribution in [2.24, 2.45) is 7.05 Å². The lowest BCUT2D eigenvalue weighted by molar-refractivity contribution is 0.0601. The van der Waals surface area contributed by atoms with Crippen LogP contribution in [-0.4, -0.2) is 22.9 Å². The minimum atomic E-state index is -0.368. The number of rotatable bonds is 2. The van der Waals surface area contributed by atoms with Gasteiger partial charge in [-0.1, -0.05) is 12.1 Å². The van der Waals surface area contributed by atoms with Gasteiger partial charge in [0.2, 0.25) is 0 Å². The first-order valence-corrected chi connectivity index (χ1v) is 5.09. The Hall–Kier alpha value is -2.30. The molecular weight excluding hydrogens is 218 g/mol. The SMILES string of the molecule is COC(=O)c1cccc(-c2c(N)cnn2C)c1. The molecule has 2 aromatic rings. The van der Waals surface area contributed by atoms with Gasteiger partial charge in [0.05, 0.1) is 30.3 Å². The number of hydrogen-bond donors (Lipinski definition) is 1. The first-order valence-electron chi connectivity index (χ1n) is 5.09. The Morgan fingerprint density at radius 1 is 1.47 bits per heavy atom. The molecule has 0 atom stereocenters. The third-order valence-corrected chi connectivity index (χ3v) is 2.52. The van der Waals surface area contributed by atoms with Gasteiger partial charge in [0.1, 0.15) is 0 Å². The lowest BCUT2D eigenvalue weighted by Crippen LogP contribution is -2.02. The zero-order valence-corrected chi connectivity index (χ0v) is 9.68. The number of methoxy groups -OCH3 is 1. The summed E-state index contributed by atoms with van der Waals surface area (Å²) in [6.07, 6.45) is 1.58. The van der Waals surface area contributed by atoms with Gasteiger partial charge in [0.25, 0.3) is 0 Å². The summed E-state index contributed by atoms with van der Waals surface area (Å²) in [6, 6.07) is 7.09. The molecule has 0 amide bonds. The smallest absolute Gasteiger partial charge is 0.337 e. The van der Waals surface area contributed by atoms with Crippen LogP contribution >= 0.6 is 0 Å². The first kappa shape index (κ1) is 11.2. The molecule has 1 heterocycles. The minimum absolute atomic E-state index is 0.368.